The second kappa shape index (κ2) is 8.21. The maximum atomic E-state index is 13.9. The maximum Gasteiger partial charge on any atom is 0.344 e. The van der Waals surface area contributed by atoms with Gasteiger partial charge in [0.05, 0.1) is 21.9 Å². The summed E-state index contributed by atoms with van der Waals surface area (Å²) in [6.07, 6.45) is 0. The third-order valence-corrected chi connectivity index (χ3v) is 4.35. The summed E-state index contributed by atoms with van der Waals surface area (Å²) in [6.45, 7) is 4.60. The molecule has 2 rings (SSSR count). The van der Waals surface area contributed by atoms with Crippen LogP contribution in [-0.4, -0.2) is 28.2 Å². The summed E-state index contributed by atoms with van der Waals surface area (Å²) >= 11 is 12.9. The Labute approximate surface area is 157 Å². The minimum absolute atomic E-state index is 0.0798. The molecule has 1 aromatic heterocycles. The number of hydrogen-bond donors (Lipinski definition) is 0. The second-order valence-corrected chi connectivity index (χ2v) is 7.53. The third kappa shape index (κ3) is 4.54. The first-order valence-electron chi connectivity index (χ1n) is 7.23. The lowest BCUT2D eigenvalue weighted by atomic mass is 10.1. The number of pyridine rings is 1. The minimum atomic E-state index is -0.747. The molecule has 0 bridgehead atoms. The van der Waals surface area contributed by atoms with E-state index in [1.54, 1.807) is 13.8 Å². The van der Waals surface area contributed by atoms with Crippen molar-refractivity contribution in [1.82, 2.24) is 4.98 Å². The molecule has 134 valence electrons. The van der Waals surface area contributed by atoms with Gasteiger partial charge in [-0.05, 0) is 26.0 Å². The molecule has 25 heavy (non-hydrogen) atoms. The Balaban J connectivity index is 2.86. The fourth-order valence-corrected chi connectivity index (χ4v) is 3.24. The Morgan fingerprint density at radius 1 is 1.40 bits per heavy atom. The van der Waals surface area contributed by atoms with Crippen LogP contribution in [0.25, 0.3) is 10.9 Å². The summed E-state index contributed by atoms with van der Waals surface area (Å²) in [6, 6.07) is 2.35. The van der Waals surface area contributed by atoms with Gasteiger partial charge in [-0.3, -0.25) is 4.79 Å². The average Bonchev–Trinajstić information content (AvgIpc) is 2.48. The van der Waals surface area contributed by atoms with Crippen LogP contribution in [0.4, 0.5) is 4.39 Å². The molecule has 0 radical (unpaired) electrons. The number of ether oxygens (including phenoxy) is 2. The molecule has 1 unspecified atom stereocenters. The Morgan fingerprint density at radius 3 is 2.64 bits per heavy atom. The van der Waals surface area contributed by atoms with Crippen molar-refractivity contribution < 1.29 is 23.5 Å². The van der Waals surface area contributed by atoms with Crippen molar-refractivity contribution in [3.8, 4) is 5.75 Å². The SMILES string of the molecule is CCOC(=O)c1c(SC(C)Cl)nc2cc(Cl)c(F)cc2c1OC(C)=O. The lowest BCUT2D eigenvalue weighted by molar-refractivity contribution is -0.131. The number of alkyl halides is 1. The largest absolute Gasteiger partial charge is 0.462 e. The van der Waals surface area contributed by atoms with Gasteiger partial charge in [-0.2, -0.15) is 0 Å². The quantitative estimate of drug-likeness (QED) is 0.404. The number of carbonyl (C=O) groups is 2. The van der Waals surface area contributed by atoms with Crippen molar-refractivity contribution in [2.24, 2.45) is 0 Å². The van der Waals surface area contributed by atoms with Gasteiger partial charge in [-0.15, -0.1) is 11.6 Å². The van der Waals surface area contributed by atoms with Gasteiger partial charge in [0.1, 0.15) is 16.4 Å². The van der Waals surface area contributed by atoms with E-state index in [9.17, 15) is 14.0 Å². The molecule has 0 N–H and O–H groups in total. The van der Waals surface area contributed by atoms with Gasteiger partial charge in [-0.25, -0.2) is 14.2 Å². The highest BCUT2D eigenvalue weighted by atomic mass is 35.5. The molecular weight excluding hydrogens is 392 g/mol. The van der Waals surface area contributed by atoms with Crippen LogP contribution in [0.5, 0.6) is 5.75 Å². The molecule has 1 atom stereocenters. The number of benzene rings is 1. The minimum Gasteiger partial charge on any atom is -0.462 e. The summed E-state index contributed by atoms with van der Waals surface area (Å²) in [5, 5.41) is 0.187. The zero-order chi connectivity index (χ0) is 18.7. The van der Waals surface area contributed by atoms with Gasteiger partial charge in [0.25, 0.3) is 0 Å². The van der Waals surface area contributed by atoms with E-state index >= 15 is 0 Å². The maximum absolute atomic E-state index is 13.9. The molecule has 5 nitrogen and oxygen atoms in total. The third-order valence-electron chi connectivity index (χ3n) is 2.95. The van der Waals surface area contributed by atoms with Crippen LogP contribution in [0.1, 0.15) is 31.1 Å². The van der Waals surface area contributed by atoms with Crippen LogP contribution >= 0.6 is 35.0 Å². The van der Waals surface area contributed by atoms with E-state index in [-0.39, 0.29) is 38.9 Å². The van der Waals surface area contributed by atoms with Crippen molar-refractivity contribution >= 4 is 57.8 Å². The van der Waals surface area contributed by atoms with E-state index in [0.29, 0.717) is 0 Å². The van der Waals surface area contributed by atoms with Crippen molar-refractivity contribution in [1.29, 1.82) is 0 Å². The van der Waals surface area contributed by atoms with Crippen molar-refractivity contribution in [2.75, 3.05) is 6.61 Å². The Bertz CT molecular complexity index is 845. The molecule has 0 fully saturated rings. The first kappa shape index (κ1) is 19.8. The number of rotatable bonds is 5. The standard InChI is InChI=1S/C16H14Cl2FNO4S/c1-4-23-16(22)13-14(24-8(3)21)9-5-11(19)10(18)6-12(9)20-15(13)25-7(2)17/h5-7H,4H2,1-3H3. The molecule has 0 amide bonds. The van der Waals surface area contributed by atoms with E-state index in [2.05, 4.69) is 4.98 Å². The van der Waals surface area contributed by atoms with Gasteiger partial charge in [0.2, 0.25) is 0 Å². The first-order valence-corrected chi connectivity index (χ1v) is 8.93. The number of fused-ring (bicyclic) bond motifs is 1. The summed E-state index contributed by atoms with van der Waals surface area (Å²) < 4.78 is 23.7. The van der Waals surface area contributed by atoms with E-state index < -0.39 is 22.5 Å². The van der Waals surface area contributed by atoms with E-state index in [1.807, 2.05) is 0 Å². The molecule has 0 aliphatic rings. The molecule has 1 aromatic carbocycles. The first-order chi connectivity index (χ1) is 11.7. The number of carbonyl (C=O) groups excluding carboxylic acids is 2. The van der Waals surface area contributed by atoms with Crippen LogP contribution in [0.3, 0.4) is 0 Å². The van der Waals surface area contributed by atoms with Crippen LogP contribution in [0.15, 0.2) is 17.2 Å². The molecule has 0 saturated heterocycles. The Morgan fingerprint density at radius 2 is 2.08 bits per heavy atom. The molecular formula is C16H14Cl2FNO4S. The zero-order valence-corrected chi connectivity index (χ0v) is 15.9. The van der Waals surface area contributed by atoms with Gasteiger partial charge < -0.3 is 9.47 Å². The van der Waals surface area contributed by atoms with E-state index in [1.165, 1.54) is 13.0 Å². The number of aromatic nitrogens is 1. The highest BCUT2D eigenvalue weighted by molar-refractivity contribution is 8.01. The van der Waals surface area contributed by atoms with Crippen molar-refractivity contribution in [2.45, 2.75) is 30.5 Å². The molecule has 1 heterocycles. The van der Waals surface area contributed by atoms with Crippen LogP contribution in [-0.2, 0) is 9.53 Å². The monoisotopic (exact) mass is 405 g/mol. The van der Waals surface area contributed by atoms with Gasteiger partial charge in [-0.1, -0.05) is 23.4 Å². The summed E-state index contributed by atoms with van der Waals surface area (Å²) in [5.41, 5.74) is 0.180. The number of esters is 2. The van der Waals surface area contributed by atoms with Crippen LogP contribution in [0.2, 0.25) is 5.02 Å². The summed E-state index contributed by atoms with van der Waals surface area (Å²) in [7, 11) is 0. The van der Waals surface area contributed by atoms with E-state index in [0.717, 1.165) is 17.8 Å². The Hall–Kier alpha value is -1.57. The summed E-state index contributed by atoms with van der Waals surface area (Å²) in [4.78, 5) is 28.3. The highest BCUT2D eigenvalue weighted by Gasteiger charge is 2.27. The zero-order valence-electron chi connectivity index (χ0n) is 13.6. The lowest BCUT2D eigenvalue weighted by Gasteiger charge is -2.16. The van der Waals surface area contributed by atoms with E-state index in [4.69, 9.17) is 32.7 Å². The number of halogens is 3. The van der Waals surface area contributed by atoms with Gasteiger partial charge in [0.15, 0.2) is 5.75 Å². The highest BCUT2D eigenvalue weighted by Crippen LogP contribution is 2.39. The number of hydrogen-bond acceptors (Lipinski definition) is 6. The fourth-order valence-electron chi connectivity index (χ4n) is 2.08. The molecule has 0 saturated carbocycles. The van der Waals surface area contributed by atoms with Gasteiger partial charge >= 0.3 is 11.9 Å². The predicted molar refractivity (Wildman–Crippen MR) is 95.1 cm³/mol. The predicted octanol–water partition coefficient (Wildman–Crippen LogP) is 4.81. The number of thioether (sulfide) groups is 1. The average molecular weight is 406 g/mol. The fraction of sp³-hybridized carbons (Fsp3) is 0.312. The second-order valence-electron chi connectivity index (χ2n) is 4.88. The smallest absolute Gasteiger partial charge is 0.344 e. The molecule has 0 spiro atoms. The van der Waals surface area contributed by atoms with Gasteiger partial charge in [0, 0.05) is 12.3 Å². The lowest BCUT2D eigenvalue weighted by Crippen LogP contribution is -2.14. The van der Waals surface area contributed by atoms with Crippen LogP contribution < -0.4 is 4.74 Å². The Kier molecular flexibility index (Phi) is 6.48. The van der Waals surface area contributed by atoms with Crippen molar-refractivity contribution in [3.05, 3.63) is 28.5 Å². The molecule has 0 aliphatic heterocycles. The van der Waals surface area contributed by atoms with Crippen LogP contribution in [0, 0.1) is 5.82 Å². The molecule has 2 aromatic rings. The molecule has 0 aliphatic carbocycles. The normalized spacial score (nSPS) is 12.1. The van der Waals surface area contributed by atoms with Crippen molar-refractivity contribution in [3.63, 3.8) is 0 Å². The summed E-state index contributed by atoms with van der Waals surface area (Å²) in [5.74, 6) is -2.29. The topological polar surface area (TPSA) is 65.5 Å². The molecule has 9 heteroatoms. The number of nitrogens with zero attached hydrogens (tertiary/aromatic N) is 1.